The van der Waals surface area contributed by atoms with Gasteiger partial charge in [0.15, 0.2) is 0 Å². The summed E-state index contributed by atoms with van der Waals surface area (Å²) in [5, 5.41) is 9.03. The number of esters is 1. The maximum Gasteiger partial charge on any atom is 0.325 e. The van der Waals surface area contributed by atoms with Gasteiger partial charge in [-0.05, 0) is 94.5 Å². The zero-order valence-electron chi connectivity index (χ0n) is 37.3. The van der Waals surface area contributed by atoms with E-state index in [0.29, 0.717) is 18.9 Å². The van der Waals surface area contributed by atoms with Gasteiger partial charge in [-0.15, -0.1) is 11.3 Å². The Kier molecular flexibility index (Phi) is 10.5. The average Bonchev–Trinajstić information content (AvgIpc) is 4.12. The number of aryl methyl sites for hydroxylation is 1. The second kappa shape index (κ2) is 15.7. The molecule has 5 fully saturated rings. The molecule has 0 unspecified atom stereocenters. The number of piperazine rings is 1. The quantitative estimate of drug-likeness (QED) is 0.203. The van der Waals surface area contributed by atoms with Crippen LogP contribution in [0.1, 0.15) is 89.1 Å². The molecule has 6 heterocycles. The van der Waals surface area contributed by atoms with Gasteiger partial charge in [0, 0.05) is 85.1 Å². The van der Waals surface area contributed by atoms with Gasteiger partial charge in [-0.3, -0.25) is 24.4 Å². The maximum atomic E-state index is 14.9. The normalized spacial score (nSPS) is 28.5. The largest absolute Gasteiger partial charge is 0.464 e. The second-order valence-electron chi connectivity index (χ2n) is 20.1. The van der Waals surface area contributed by atoms with E-state index < -0.39 is 22.9 Å². The van der Waals surface area contributed by atoms with Crippen molar-refractivity contribution >= 4 is 45.7 Å². The van der Waals surface area contributed by atoms with E-state index in [4.69, 9.17) is 19.4 Å². The molecule has 330 valence electrons. The van der Waals surface area contributed by atoms with Gasteiger partial charge in [-0.25, -0.2) is 10.4 Å². The van der Waals surface area contributed by atoms with Gasteiger partial charge in [0.2, 0.25) is 5.91 Å². The molecular formula is C48H62N8O5S. The number of likely N-dealkylation sites (N-methyl/N-ethyl adjacent to an activating group) is 1. The van der Waals surface area contributed by atoms with Crippen molar-refractivity contribution in [2.24, 2.45) is 29.1 Å². The highest BCUT2D eigenvalue weighted by Crippen LogP contribution is 2.51. The van der Waals surface area contributed by atoms with E-state index in [1.807, 2.05) is 6.20 Å². The summed E-state index contributed by atoms with van der Waals surface area (Å²) in [5.41, 5.74) is 10.5. The molecule has 6 bridgehead atoms. The number of methoxy groups -OCH3 is 1. The van der Waals surface area contributed by atoms with E-state index in [1.54, 1.807) is 23.5 Å². The molecule has 4 aromatic rings. The number of cyclic esters (lactones) is 1. The molecule has 2 N–H and O–H groups in total. The van der Waals surface area contributed by atoms with Crippen LogP contribution in [0.25, 0.3) is 33.4 Å². The maximum absolute atomic E-state index is 14.9. The first kappa shape index (κ1) is 41.6. The Morgan fingerprint density at radius 3 is 2.60 bits per heavy atom. The van der Waals surface area contributed by atoms with Crippen LogP contribution in [0, 0.1) is 29.1 Å². The Labute approximate surface area is 368 Å². The Hall–Kier alpha value is -4.37. The van der Waals surface area contributed by atoms with Crippen LogP contribution in [0.5, 0.6) is 0 Å². The third-order valence-corrected chi connectivity index (χ3v) is 16.2. The molecule has 2 saturated heterocycles. The summed E-state index contributed by atoms with van der Waals surface area (Å²) in [7, 11) is 3.91. The fourth-order valence-corrected chi connectivity index (χ4v) is 11.9. The molecule has 62 heavy (non-hydrogen) atoms. The van der Waals surface area contributed by atoms with Gasteiger partial charge in [0.05, 0.1) is 47.1 Å². The van der Waals surface area contributed by atoms with Crippen molar-refractivity contribution in [1.29, 1.82) is 0 Å². The SMILES string of the molecule is CCn1c(-c2cc(N3CCN(C)CC3)cnc2[C@H](C)OC)c2c3cc(ccc31)-c1csc(n1)C1(CCC1)[C@H](NC(=O)[C@H]1C[C@@H]1C)C(=O)N1C[C@@H]3C[C@@H]3[C@H](N1)C(=O)OCC(C)(C)C2. The molecular weight excluding hydrogens is 801 g/mol. The summed E-state index contributed by atoms with van der Waals surface area (Å²) >= 11 is 1.58. The van der Waals surface area contributed by atoms with Crippen LogP contribution < -0.4 is 15.6 Å². The fraction of sp³-hybridized carbons (Fsp3) is 0.604. The lowest BCUT2D eigenvalue weighted by Crippen LogP contribution is -2.66. The van der Waals surface area contributed by atoms with Crippen LogP contribution in [-0.2, 0) is 42.2 Å². The monoisotopic (exact) mass is 862 g/mol. The first-order valence-electron chi connectivity index (χ1n) is 22.9. The number of nitrogens with zero attached hydrogens (tertiary/aromatic N) is 6. The van der Waals surface area contributed by atoms with Gasteiger partial charge in [0.25, 0.3) is 5.91 Å². The van der Waals surface area contributed by atoms with Gasteiger partial charge in [-0.2, -0.15) is 0 Å². The second-order valence-corrected chi connectivity index (χ2v) is 20.9. The predicted molar refractivity (Wildman–Crippen MR) is 240 cm³/mol. The molecule has 1 aromatic carbocycles. The molecule has 14 heteroatoms. The predicted octanol–water partition coefficient (Wildman–Crippen LogP) is 6.35. The first-order chi connectivity index (χ1) is 29.8. The number of nitrogens with one attached hydrogen (secondary N) is 2. The molecule has 1 spiro atoms. The Balaban J connectivity index is 1.13. The number of hydrogen-bond acceptors (Lipinski definition) is 11. The Morgan fingerprint density at radius 1 is 1.13 bits per heavy atom. The van der Waals surface area contributed by atoms with E-state index in [1.165, 1.54) is 5.56 Å². The number of hydrazine groups is 1. The lowest BCUT2D eigenvalue weighted by atomic mass is 9.63. The summed E-state index contributed by atoms with van der Waals surface area (Å²) in [6.45, 7) is 15.9. The number of fused-ring (bicyclic) bond motifs is 9. The number of pyridine rings is 1. The molecule has 13 nitrogen and oxygen atoms in total. The fourth-order valence-electron chi connectivity index (χ4n) is 10.8. The molecule has 0 radical (unpaired) electrons. The van der Waals surface area contributed by atoms with Crippen LogP contribution >= 0.6 is 11.3 Å². The van der Waals surface area contributed by atoms with Gasteiger partial charge < -0.3 is 29.2 Å². The number of ether oxygens (including phenoxy) is 2. The summed E-state index contributed by atoms with van der Waals surface area (Å²) in [6.07, 6.45) is 6.48. The summed E-state index contributed by atoms with van der Waals surface area (Å²) < 4.78 is 14.7. The molecule has 10 rings (SSSR count). The minimum absolute atomic E-state index is 0.0675. The van der Waals surface area contributed by atoms with Crippen molar-refractivity contribution in [3.05, 3.63) is 52.1 Å². The number of rotatable bonds is 7. The first-order valence-corrected chi connectivity index (χ1v) is 23.8. The lowest BCUT2D eigenvalue weighted by Gasteiger charge is -2.47. The minimum Gasteiger partial charge on any atom is -0.464 e. The van der Waals surface area contributed by atoms with E-state index in [9.17, 15) is 14.4 Å². The number of anilines is 1. The molecule has 7 atom stereocenters. The smallest absolute Gasteiger partial charge is 0.325 e. The zero-order valence-corrected chi connectivity index (χ0v) is 38.1. The van der Waals surface area contributed by atoms with E-state index >= 15 is 0 Å². The standard InChI is InChI=1S/C48H62N8O5S/c1-8-55-38-11-10-29-19-34(38)36(41(55)35-21-31(23-49-39(35)28(3)60-7)54-16-14-53(6)15-17-54)22-47(4,5)26-61-45(59)40-33-20-30(33)24-56(52-40)44(58)42(51-43(57)32-18-27(32)2)48(12-9-13-48)46-50-37(29)25-62-46/h10-11,19,21,23,25,27-28,30,32-33,40,42,52H,8-9,12-18,20,22,24,26H2,1-7H3,(H,51,57)/t27-,28-,30-,32-,33-,40-,42+/m0/s1. The topological polar surface area (TPSA) is 134 Å². The summed E-state index contributed by atoms with van der Waals surface area (Å²) in [6, 6.07) is 7.54. The van der Waals surface area contributed by atoms with E-state index in [-0.39, 0.29) is 48.2 Å². The Bertz CT molecular complexity index is 2410. The molecule has 6 aliphatic rings. The van der Waals surface area contributed by atoms with E-state index in [2.05, 4.69) is 96.4 Å². The lowest BCUT2D eigenvalue weighted by molar-refractivity contribution is -0.157. The van der Waals surface area contributed by atoms with Gasteiger partial charge in [0.1, 0.15) is 17.1 Å². The van der Waals surface area contributed by atoms with Crippen molar-refractivity contribution in [3.8, 4) is 22.5 Å². The summed E-state index contributed by atoms with van der Waals surface area (Å²) in [5.74, 6) is -0.0805. The molecule has 3 aliphatic carbocycles. The minimum atomic E-state index is -0.804. The number of carbonyl (C=O) groups is 3. The van der Waals surface area contributed by atoms with Gasteiger partial charge in [-0.1, -0.05) is 33.3 Å². The van der Waals surface area contributed by atoms with Crippen LogP contribution in [0.2, 0.25) is 0 Å². The zero-order chi connectivity index (χ0) is 43.2. The van der Waals surface area contributed by atoms with Gasteiger partial charge >= 0.3 is 5.97 Å². The highest BCUT2D eigenvalue weighted by molar-refractivity contribution is 7.10. The number of benzene rings is 1. The molecule has 3 aromatic heterocycles. The van der Waals surface area contributed by atoms with Crippen LogP contribution in [0.3, 0.4) is 0 Å². The van der Waals surface area contributed by atoms with Crippen LogP contribution in [-0.4, -0.2) is 108 Å². The average molecular weight is 863 g/mol. The third-order valence-electron chi connectivity index (χ3n) is 15.2. The van der Waals surface area contributed by atoms with E-state index in [0.717, 1.165) is 115 Å². The number of amides is 2. The highest BCUT2D eigenvalue weighted by Gasteiger charge is 2.58. The number of hydrogen-bond donors (Lipinski definition) is 2. The van der Waals surface area contributed by atoms with Crippen molar-refractivity contribution in [1.82, 2.24) is 35.2 Å². The van der Waals surface area contributed by atoms with Crippen molar-refractivity contribution < 1.29 is 23.9 Å². The van der Waals surface area contributed by atoms with Crippen LogP contribution in [0.4, 0.5) is 5.69 Å². The molecule has 3 aliphatic heterocycles. The highest BCUT2D eigenvalue weighted by atomic mass is 32.1. The molecule has 3 saturated carbocycles. The summed E-state index contributed by atoms with van der Waals surface area (Å²) in [4.78, 5) is 58.2. The number of aromatic nitrogens is 3. The molecule has 2 amide bonds. The van der Waals surface area contributed by atoms with Crippen molar-refractivity contribution in [3.63, 3.8) is 0 Å². The number of carbonyl (C=O) groups excluding carboxylic acids is 3. The van der Waals surface area contributed by atoms with Crippen molar-refractivity contribution in [2.45, 2.75) is 103 Å². The Morgan fingerprint density at radius 2 is 1.90 bits per heavy atom. The number of thiazole rings is 1. The van der Waals surface area contributed by atoms with Crippen LogP contribution in [0.15, 0.2) is 35.8 Å². The van der Waals surface area contributed by atoms with Crippen molar-refractivity contribution in [2.75, 3.05) is 58.4 Å². The third kappa shape index (κ3) is 7.22.